The number of hydrogen-bond donors (Lipinski definition) is 0. The molecule has 8 nitrogen and oxygen atoms in total. The molecule has 144 valence electrons. The molecule has 1 aromatic rings. The van der Waals surface area contributed by atoms with E-state index < -0.39 is 19.4 Å². The Morgan fingerprint density at radius 1 is 1.31 bits per heavy atom. The average molecular weight is 383 g/mol. The van der Waals surface area contributed by atoms with Crippen molar-refractivity contribution in [1.29, 1.82) is 0 Å². The number of aldehydes is 1. The maximum absolute atomic E-state index is 11.8. The van der Waals surface area contributed by atoms with Crippen LogP contribution in [0.15, 0.2) is 18.2 Å². The molecule has 0 amide bonds. The van der Waals surface area contributed by atoms with Crippen molar-refractivity contribution in [2.24, 2.45) is 0 Å². The zero-order valence-corrected chi connectivity index (χ0v) is 16.7. The first-order chi connectivity index (χ1) is 12.0. The summed E-state index contributed by atoms with van der Waals surface area (Å²) in [4.78, 5) is 37.3. The highest BCUT2D eigenvalue weighted by Gasteiger charge is 2.39. The maximum Gasteiger partial charge on any atom is 0.311 e. The van der Waals surface area contributed by atoms with E-state index in [1.54, 1.807) is 12.1 Å². The van der Waals surface area contributed by atoms with E-state index in [1.165, 1.54) is 6.07 Å². The molecule has 0 aliphatic carbocycles. The molecular weight excluding hydrogens is 358 g/mol. The van der Waals surface area contributed by atoms with E-state index in [0.29, 0.717) is 12.0 Å². The molecule has 0 radical (unpaired) electrons. The Kier molecular flexibility index (Phi) is 7.31. The van der Waals surface area contributed by atoms with E-state index in [0.717, 1.165) is 0 Å². The second kappa shape index (κ2) is 8.79. The number of benzene rings is 1. The third-order valence-corrected chi connectivity index (χ3v) is 8.59. The maximum atomic E-state index is 11.8. The highest BCUT2D eigenvalue weighted by molar-refractivity contribution is 6.74. The van der Waals surface area contributed by atoms with Crippen LogP contribution in [-0.4, -0.2) is 32.3 Å². The van der Waals surface area contributed by atoms with Crippen LogP contribution in [0.5, 0.6) is 11.5 Å². The molecule has 0 spiro atoms. The van der Waals surface area contributed by atoms with E-state index >= 15 is 0 Å². The third kappa shape index (κ3) is 6.47. The summed E-state index contributed by atoms with van der Waals surface area (Å²) < 4.78 is 11.3. The van der Waals surface area contributed by atoms with E-state index in [4.69, 9.17) is 9.16 Å². The first-order valence-electron chi connectivity index (χ1n) is 8.22. The summed E-state index contributed by atoms with van der Waals surface area (Å²) in [5.74, 6) is 0.0822. The van der Waals surface area contributed by atoms with Gasteiger partial charge in [-0.15, -0.1) is 10.1 Å². The summed E-state index contributed by atoms with van der Waals surface area (Å²) in [6.45, 7) is 10.3. The summed E-state index contributed by atoms with van der Waals surface area (Å²) in [5.41, 5.74) is 0.205. The number of carbonyl (C=O) groups excluding carboxylic acids is 2. The van der Waals surface area contributed by atoms with Crippen LogP contribution in [0.2, 0.25) is 18.1 Å². The zero-order chi connectivity index (χ0) is 20.0. The van der Waals surface area contributed by atoms with Gasteiger partial charge in [-0.2, -0.15) is 0 Å². The van der Waals surface area contributed by atoms with Crippen molar-refractivity contribution in [3.05, 3.63) is 33.9 Å². The van der Waals surface area contributed by atoms with Gasteiger partial charge in [0.2, 0.25) is 8.32 Å². The molecule has 0 saturated heterocycles. The predicted molar refractivity (Wildman–Crippen MR) is 97.5 cm³/mol. The van der Waals surface area contributed by atoms with Crippen LogP contribution < -0.4 is 9.16 Å². The number of hydrogen-bond acceptors (Lipinski definition) is 7. The highest BCUT2D eigenvalue weighted by atomic mass is 28.4. The van der Waals surface area contributed by atoms with Crippen molar-refractivity contribution >= 4 is 20.6 Å². The quantitative estimate of drug-likeness (QED) is 0.121. The molecular formula is C17H25NO7Si. The molecule has 0 aromatic heterocycles. The average Bonchev–Trinajstić information content (AvgIpc) is 2.51. The zero-order valence-electron chi connectivity index (χ0n) is 15.7. The van der Waals surface area contributed by atoms with Crippen LogP contribution in [-0.2, 0) is 9.63 Å². The Balaban J connectivity index is 2.76. The van der Waals surface area contributed by atoms with Gasteiger partial charge in [-0.05, 0) is 42.8 Å². The van der Waals surface area contributed by atoms with Gasteiger partial charge in [0.15, 0.2) is 6.29 Å². The summed E-state index contributed by atoms with van der Waals surface area (Å²) in [7, 11) is -2.05. The van der Waals surface area contributed by atoms with Gasteiger partial charge >= 0.3 is 5.97 Å². The van der Waals surface area contributed by atoms with E-state index in [2.05, 4.69) is 38.7 Å². The molecule has 0 fully saturated rings. The number of esters is 1. The first kappa shape index (κ1) is 21.6. The largest absolute Gasteiger partial charge is 0.543 e. The normalized spacial score (nSPS) is 11.6. The van der Waals surface area contributed by atoms with Gasteiger partial charge in [-0.25, -0.2) is 0 Å². The molecule has 0 N–H and O–H groups in total. The van der Waals surface area contributed by atoms with Gasteiger partial charge in [0.25, 0.3) is 5.09 Å². The molecule has 26 heavy (non-hydrogen) atoms. The minimum Gasteiger partial charge on any atom is -0.543 e. The molecule has 0 saturated carbocycles. The molecule has 9 heteroatoms. The molecule has 1 aromatic carbocycles. The van der Waals surface area contributed by atoms with E-state index in [9.17, 15) is 19.7 Å². The Bertz CT molecular complexity index is 668. The summed E-state index contributed by atoms with van der Waals surface area (Å²) in [5, 5.41) is 9.12. The van der Waals surface area contributed by atoms with Crippen molar-refractivity contribution in [2.45, 2.75) is 51.7 Å². The van der Waals surface area contributed by atoms with Crippen molar-refractivity contribution < 1.29 is 28.7 Å². The van der Waals surface area contributed by atoms with E-state index in [-0.39, 0.29) is 35.8 Å². The topological polar surface area (TPSA) is 105 Å². The van der Waals surface area contributed by atoms with Crippen LogP contribution in [0.3, 0.4) is 0 Å². The van der Waals surface area contributed by atoms with Gasteiger partial charge in [0.05, 0.1) is 12.2 Å². The molecule has 0 unspecified atom stereocenters. The number of ether oxygens (including phenoxy) is 1. The van der Waals surface area contributed by atoms with Crippen molar-refractivity contribution in [1.82, 2.24) is 0 Å². The van der Waals surface area contributed by atoms with Crippen LogP contribution in [0, 0.1) is 10.1 Å². The minimum atomic E-state index is -2.05. The van der Waals surface area contributed by atoms with Crippen LogP contribution in [0.4, 0.5) is 0 Å². The Labute approximate surface area is 153 Å². The Morgan fingerprint density at radius 3 is 2.50 bits per heavy atom. The van der Waals surface area contributed by atoms with Crippen LogP contribution >= 0.6 is 0 Å². The Morgan fingerprint density at radius 2 is 1.96 bits per heavy atom. The number of carbonyl (C=O) groups is 2. The van der Waals surface area contributed by atoms with Gasteiger partial charge in [-0.3, -0.25) is 9.59 Å². The second-order valence-corrected chi connectivity index (χ2v) is 12.0. The first-order valence-corrected chi connectivity index (χ1v) is 11.1. The lowest BCUT2D eigenvalue weighted by atomic mass is 10.2. The Hall–Kier alpha value is -2.42. The summed E-state index contributed by atoms with van der Waals surface area (Å²) >= 11 is 0. The standard InChI is InChI=1S/C17H25NO7Si/c1-17(2,3)26(4,5)25-14-8-9-15(13(11-14)12-19)24-16(20)7-6-10-23-18(21)22/h8-9,11-12H,6-7,10H2,1-5H3. The number of rotatable bonds is 9. The van der Waals surface area contributed by atoms with Gasteiger partial charge in [0.1, 0.15) is 11.5 Å². The van der Waals surface area contributed by atoms with Gasteiger partial charge in [-0.1, -0.05) is 20.8 Å². The van der Waals surface area contributed by atoms with Crippen molar-refractivity contribution in [3.63, 3.8) is 0 Å². The lowest BCUT2D eigenvalue weighted by molar-refractivity contribution is -0.757. The van der Waals surface area contributed by atoms with Gasteiger partial charge in [0, 0.05) is 6.42 Å². The second-order valence-electron chi connectivity index (χ2n) is 7.31. The number of nitrogens with zero attached hydrogens (tertiary/aromatic N) is 1. The lowest BCUT2D eigenvalue weighted by Gasteiger charge is -2.36. The van der Waals surface area contributed by atoms with Crippen LogP contribution in [0.1, 0.15) is 44.0 Å². The minimum absolute atomic E-state index is 0.00527. The van der Waals surface area contributed by atoms with E-state index in [1.807, 2.05) is 0 Å². The lowest BCUT2D eigenvalue weighted by Crippen LogP contribution is -2.43. The monoisotopic (exact) mass is 383 g/mol. The summed E-state index contributed by atoms with van der Waals surface area (Å²) in [6, 6.07) is 4.72. The van der Waals surface area contributed by atoms with Crippen molar-refractivity contribution in [3.8, 4) is 11.5 Å². The molecule has 0 atom stereocenters. The van der Waals surface area contributed by atoms with Crippen LogP contribution in [0.25, 0.3) is 0 Å². The highest BCUT2D eigenvalue weighted by Crippen LogP contribution is 2.38. The molecule has 0 bridgehead atoms. The fourth-order valence-corrected chi connectivity index (χ4v) is 2.77. The third-order valence-electron chi connectivity index (χ3n) is 4.23. The van der Waals surface area contributed by atoms with Crippen molar-refractivity contribution in [2.75, 3.05) is 6.61 Å². The van der Waals surface area contributed by atoms with Gasteiger partial charge < -0.3 is 14.0 Å². The smallest absolute Gasteiger partial charge is 0.311 e. The molecule has 1 rings (SSSR count). The summed E-state index contributed by atoms with van der Waals surface area (Å²) in [6.07, 6.45) is 0.675. The predicted octanol–water partition coefficient (Wildman–Crippen LogP) is 3.78. The fraction of sp³-hybridized carbons (Fsp3) is 0.529. The molecule has 0 aliphatic rings. The molecule has 0 heterocycles. The molecule has 0 aliphatic heterocycles. The fourth-order valence-electron chi connectivity index (χ4n) is 1.75. The SMILES string of the molecule is CC(C)(C)[Si](C)(C)Oc1ccc(OC(=O)CCCO[N+](=O)[O-])c(C=O)c1.